The molecule has 0 amide bonds. The molecule has 2 aromatic carbocycles. The Balaban J connectivity index is 1.98. The lowest BCUT2D eigenvalue weighted by molar-refractivity contribution is -0.136. The molecule has 0 unspecified atom stereocenters. The van der Waals surface area contributed by atoms with Crippen LogP contribution < -0.4 is 10.4 Å². The summed E-state index contributed by atoms with van der Waals surface area (Å²) in [5.41, 5.74) is 1.15. The lowest BCUT2D eigenvalue weighted by Gasteiger charge is -2.12. The highest BCUT2D eigenvalue weighted by Crippen LogP contribution is 2.34. The Bertz CT molecular complexity index is 1060. The zero-order valence-corrected chi connectivity index (χ0v) is 16.6. The van der Waals surface area contributed by atoms with Crippen LogP contribution in [-0.2, 0) is 17.8 Å². The average Bonchev–Trinajstić information content (AvgIpc) is 2.58. The van der Waals surface area contributed by atoms with Gasteiger partial charge in [0.1, 0.15) is 17.4 Å². The van der Waals surface area contributed by atoms with Gasteiger partial charge in [-0.3, -0.25) is 4.79 Å². The molecule has 1 aromatic heterocycles. The fourth-order valence-corrected chi connectivity index (χ4v) is 3.52. The maximum Gasteiger partial charge on any atom is 0.340 e. The van der Waals surface area contributed by atoms with E-state index in [0.717, 1.165) is 9.13 Å². The van der Waals surface area contributed by atoms with Gasteiger partial charge in [0.05, 0.1) is 12.0 Å². The molecule has 134 valence electrons. The minimum Gasteiger partial charge on any atom is -0.487 e. The number of aryl methyl sites for hydroxylation is 1. The topological polar surface area (TPSA) is 76.7 Å². The van der Waals surface area contributed by atoms with Gasteiger partial charge in [0.25, 0.3) is 0 Å². The number of benzene rings is 2. The van der Waals surface area contributed by atoms with Gasteiger partial charge in [0, 0.05) is 8.96 Å². The second-order valence-electron chi connectivity index (χ2n) is 5.74. The number of rotatable bonds is 5. The van der Waals surface area contributed by atoms with E-state index >= 15 is 0 Å². The van der Waals surface area contributed by atoms with Crippen molar-refractivity contribution < 1.29 is 19.1 Å². The number of ether oxygens (including phenoxy) is 1. The van der Waals surface area contributed by atoms with Crippen LogP contribution in [0.25, 0.3) is 11.0 Å². The lowest BCUT2D eigenvalue weighted by atomic mass is 10.0. The number of hydrogen-bond donors (Lipinski definition) is 1. The normalized spacial score (nSPS) is 10.9. The van der Waals surface area contributed by atoms with Gasteiger partial charge in [-0.2, -0.15) is 0 Å². The van der Waals surface area contributed by atoms with Gasteiger partial charge < -0.3 is 14.3 Å². The summed E-state index contributed by atoms with van der Waals surface area (Å²) in [5, 5.41) is 9.74. The van der Waals surface area contributed by atoms with Crippen molar-refractivity contribution in [1.29, 1.82) is 0 Å². The molecule has 0 fully saturated rings. The molecule has 1 heterocycles. The Morgan fingerprint density at radius 2 is 2.08 bits per heavy atom. The first-order valence-electron chi connectivity index (χ1n) is 7.70. The van der Waals surface area contributed by atoms with E-state index in [2.05, 4.69) is 22.6 Å². The number of fused-ring (bicyclic) bond motifs is 1. The highest BCUT2D eigenvalue weighted by molar-refractivity contribution is 14.1. The van der Waals surface area contributed by atoms with Crippen molar-refractivity contribution in [2.24, 2.45) is 0 Å². The second kappa shape index (κ2) is 7.67. The van der Waals surface area contributed by atoms with Crippen LogP contribution in [0.3, 0.4) is 0 Å². The van der Waals surface area contributed by atoms with Crippen molar-refractivity contribution >= 4 is 51.1 Å². The maximum absolute atomic E-state index is 12.1. The number of carboxylic acid groups (broad SMARTS) is 1. The van der Waals surface area contributed by atoms with Crippen LogP contribution in [0.1, 0.15) is 16.7 Å². The van der Waals surface area contributed by atoms with E-state index in [9.17, 15) is 9.59 Å². The van der Waals surface area contributed by atoms with Crippen LogP contribution in [0, 0.1) is 10.5 Å². The summed E-state index contributed by atoms with van der Waals surface area (Å²) in [6.07, 6.45) is -0.396. The van der Waals surface area contributed by atoms with Crippen LogP contribution >= 0.6 is 34.2 Å². The molecule has 0 atom stereocenters. The highest BCUT2D eigenvalue weighted by atomic mass is 127. The van der Waals surface area contributed by atoms with Crippen molar-refractivity contribution in [1.82, 2.24) is 0 Å². The number of hydrogen-bond acceptors (Lipinski definition) is 4. The van der Waals surface area contributed by atoms with Gasteiger partial charge in [-0.25, -0.2) is 4.79 Å². The monoisotopic (exact) mass is 484 g/mol. The first-order valence-corrected chi connectivity index (χ1v) is 9.16. The lowest BCUT2D eigenvalue weighted by Crippen LogP contribution is -2.15. The summed E-state index contributed by atoms with van der Waals surface area (Å²) in [6.45, 7) is 2.00. The summed E-state index contributed by atoms with van der Waals surface area (Å²) < 4.78 is 12.2. The Labute approximate surface area is 167 Å². The number of halogens is 2. The zero-order chi connectivity index (χ0) is 18.8. The fourth-order valence-electron chi connectivity index (χ4n) is 2.66. The highest BCUT2D eigenvalue weighted by Gasteiger charge is 2.18. The summed E-state index contributed by atoms with van der Waals surface area (Å²) in [5.74, 6) is -0.699. The zero-order valence-electron chi connectivity index (χ0n) is 13.7. The quantitative estimate of drug-likeness (QED) is 0.424. The molecule has 0 radical (unpaired) electrons. The van der Waals surface area contributed by atoms with E-state index in [0.29, 0.717) is 23.3 Å². The Kier molecular flexibility index (Phi) is 5.52. The van der Waals surface area contributed by atoms with Crippen molar-refractivity contribution in [3.8, 4) is 5.75 Å². The van der Waals surface area contributed by atoms with Gasteiger partial charge in [0.2, 0.25) is 0 Å². The minimum atomic E-state index is -1.09. The largest absolute Gasteiger partial charge is 0.487 e. The molecule has 0 aliphatic rings. The molecule has 3 rings (SSSR count). The van der Waals surface area contributed by atoms with Crippen LogP contribution in [0.2, 0.25) is 5.02 Å². The number of carboxylic acids is 1. The molecule has 0 aliphatic heterocycles. The van der Waals surface area contributed by atoms with E-state index in [1.165, 1.54) is 0 Å². The van der Waals surface area contributed by atoms with Crippen LogP contribution in [0.4, 0.5) is 0 Å². The molecule has 0 bridgehead atoms. The van der Waals surface area contributed by atoms with E-state index in [4.69, 9.17) is 25.9 Å². The molecule has 0 aliphatic carbocycles. The van der Waals surface area contributed by atoms with Gasteiger partial charge in [0.15, 0.2) is 5.58 Å². The second-order valence-corrected chi connectivity index (χ2v) is 7.36. The maximum atomic E-state index is 12.1. The van der Waals surface area contributed by atoms with Gasteiger partial charge >= 0.3 is 11.6 Å². The SMILES string of the molecule is Cc1c(CC(=O)O)c(=O)oc2c(Cl)c(OCc3cccc(I)c3)ccc12. The molecule has 0 spiro atoms. The van der Waals surface area contributed by atoms with E-state index in [1.807, 2.05) is 24.3 Å². The minimum absolute atomic E-state index is 0.119. The molecular formula is C19H14ClIO5. The van der Waals surface area contributed by atoms with Crippen LogP contribution in [-0.4, -0.2) is 11.1 Å². The fraction of sp³-hybridized carbons (Fsp3) is 0.158. The Hall–Kier alpha value is -2.06. The molecule has 3 aromatic rings. The number of carbonyl (C=O) groups is 1. The smallest absolute Gasteiger partial charge is 0.340 e. The van der Waals surface area contributed by atoms with Crippen molar-refractivity contribution in [3.63, 3.8) is 0 Å². The summed E-state index contributed by atoms with van der Waals surface area (Å²) >= 11 is 8.59. The molecule has 0 saturated carbocycles. The molecule has 0 saturated heterocycles. The van der Waals surface area contributed by atoms with Crippen LogP contribution in [0.5, 0.6) is 5.75 Å². The van der Waals surface area contributed by atoms with Crippen molar-refractivity contribution in [3.05, 3.63) is 72.1 Å². The summed E-state index contributed by atoms with van der Waals surface area (Å²) in [6, 6.07) is 11.3. The van der Waals surface area contributed by atoms with Gasteiger partial charge in [-0.05, 0) is 64.9 Å². The van der Waals surface area contributed by atoms with Crippen molar-refractivity contribution in [2.75, 3.05) is 0 Å². The third-order valence-electron chi connectivity index (χ3n) is 3.97. The first-order chi connectivity index (χ1) is 12.4. The van der Waals surface area contributed by atoms with E-state index < -0.39 is 18.0 Å². The third kappa shape index (κ3) is 3.86. The average molecular weight is 485 g/mol. The van der Waals surface area contributed by atoms with Gasteiger partial charge in [-0.1, -0.05) is 23.7 Å². The predicted octanol–water partition coefficient (Wildman–Crippen LogP) is 4.57. The third-order valence-corrected chi connectivity index (χ3v) is 5.00. The standard InChI is InChI=1S/C19H14ClIO5/c1-10-13-5-6-15(25-9-11-3-2-4-12(21)7-11)17(20)18(13)26-19(24)14(10)8-16(22)23/h2-7H,8-9H2,1H3,(H,22,23). The molecule has 1 N–H and O–H groups in total. The van der Waals surface area contributed by atoms with E-state index in [1.54, 1.807) is 19.1 Å². The summed E-state index contributed by atoms with van der Waals surface area (Å²) in [7, 11) is 0. The Morgan fingerprint density at radius 1 is 1.31 bits per heavy atom. The van der Waals surface area contributed by atoms with Gasteiger partial charge in [-0.15, -0.1) is 0 Å². The summed E-state index contributed by atoms with van der Waals surface area (Å²) in [4.78, 5) is 23.1. The van der Waals surface area contributed by atoms with Crippen LogP contribution in [0.15, 0.2) is 45.6 Å². The molecule has 7 heteroatoms. The number of aliphatic carboxylic acids is 1. The predicted molar refractivity (Wildman–Crippen MR) is 107 cm³/mol. The molecule has 26 heavy (non-hydrogen) atoms. The molecule has 5 nitrogen and oxygen atoms in total. The Morgan fingerprint density at radius 3 is 2.77 bits per heavy atom. The van der Waals surface area contributed by atoms with E-state index in [-0.39, 0.29) is 16.2 Å². The van der Waals surface area contributed by atoms with Crippen molar-refractivity contribution in [2.45, 2.75) is 20.0 Å². The first kappa shape index (κ1) is 18.7. The molecular weight excluding hydrogens is 471 g/mol.